The van der Waals surface area contributed by atoms with Crippen molar-refractivity contribution in [1.29, 1.82) is 0 Å². The monoisotopic (exact) mass is 273 g/mol. The van der Waals surface area contributed by atoms with E-state index in [0.29, 0.717) is 0 Å². The Morgan fingerprint density at radius 1 is 1.45 bits per heavy atom. The summed E-state index contributed by atoms with van der Waals surface area (Å²) in [7, 11) is 1.99. The van der Waals surface area contributed by atoms with Crippen LogP contribution in [0.3, 0.4) is 0 Å². The van der Waals surface area contributed by atoms with Crippen molar-refractivity contribution in [3.63, 3.8) is 0 Å². The molecule has 1 aliphatic carbocycles. The largest absolute Gasteiger partial charge is 0.351 e. The Hall–Kier alpha value is -1.62. The minimum Gasteiger partial charge on any atom is -0.351 e. The Labute approximate surface area is 119 Å². The first-order valence-electron chi connectivity index (χ1n) is 7.23. The zero-order valence-corrected chi connectivity index (χ0v) is 12.5. The Kier molecular flexibility index (Phi) is 3.17. The van der Waals surface area contributed by atoms with Gasteiger partial charge in [0, 0.05) is 37.9 Å². The van der Waals surface area contributed by atoms with Crippen molar-refractivity contribution in [2.75, 3.05) is 0 Å². The Balaban J connectivity index is 1.81. The third kappa shape index (κ3) is 2.38. The molecule has 0 radical (unpaired) electrons. The number of aryl methyl sites for hydroxylation is 3. The van der Waals surface area contributed by atoms with Gasteiger partial charge in [-0.1, -0.05) is 13.8 Å². The van der Waals surface area contributed by atoms with Crippen molar-refractivity contribution in [3.8, 4) is 0 Å². The van der Waals surface area contributed by atoms with Gasteiger partial charge in [0.25, 0.3) is 0 Å². The highest BCUT2D eigenvalue weighted by molar-refractivity contribution is 5.30. The van der Waals surface area contributed by atoms with Crippen LogP contribution in [0, 0.1) is 5.41 Å². The Morgan fingerprint density at radius 3 is 2.95 bits per heavy atom. The lowest BCUT2D eigenvalue weighted by molar-refractivity contribution is 0.275. The van der Waals surface area contributed by atoms with E-state index in [2.05, 4.69) is 40.9 Å². The topological polar surface area (TPSA) is 61.7 Å². The molecule has 1 aliphatic rings. The van der Waals surface area contributed by atoms with E-state index in [1.165, 1.54) is 11.3 Å². The summed E-state index contributed by atoms with van der Waals surface area (Å²) < 4.78 is 4.32. The quantitative estimate of drug-likeness (QED) is 0.928. The molecule has 3 rings (SSSR count). The highest BCUT2D eigenvalue weighted by Crippen LogP contribution is 2.39. The number of nitrogens with two attached hydrogens (primary N) is 1. The van der Waals surface area contributed by atoms with E-state index in [9.17, 15) is 0 Å². The molecular weight excluding hydrogens is 250 g/mol. The summed E-state index contributed by atoms with van der Waals surface area (Å²) in [5, 5.41) is 8.07. The molecule has 0 saturated heterocycles. The molecule has 1 atom stereocenters. The average Bonchev–Trinajstić information content (AvgIpc) is 2.92. The summed E-state index contributed by atoms with van der Waals surface area (Å²) in [6, 6.07) is 2.36. The maximum atomic E-state index is 6.31. The number of rotatable bonds is 3. The molecule has 2 aromatic rings. The lowest BCUT2D eigenvalue weighted by atomic mass is 9.74. The zero-order chi connectivity index (χ0) is 14.3. The van der Waals surface area contributed by atoms with E-state index in [4.69, 9.17) is 5.73 Å². The van der Waals surface area contributed by atoms with Crippen LogP contribution in [-0.4, -0.2) is 19.3 Å². The number of hydrogen-bond acceptors (Lipinski definition) is 3. The number of hydrogen-bond donors (Lipinski definition) is 1. The van der Waals surface area contributed by atoms with Gasteiger partial charge in [-0.3, -0.25) is 0 Å². The molecule has 0 fully saturated rings. The first kappa shape index (κ1) is 13.4. The van der Waals surface area contributed by atoms with Gasteiger partial charge in [-0.2, -0.15) is 0 Å². The van der Waals surface area contributed by atoms with Crippen LogP contribution >= 0.6 is 0 Å². The van der Waals surface area contributed by atoms with E-state index < -0.39 is 0 Å². The average molecular weight is 273 g/mol. The molecule has 0 aliphatic heterocycles. The summed E-state index contributed by atoms with van der Waals surface area (Å²) in [6.45, 7) is 5.54. The lowest BCUT2D eigenvalue weighted by Crippen LogP contribution is -2.30. The van der Waals surface area contributed by atoms with E-state index in [1.807, 2.05) is 11.6 Å². The molecule has 1 unspecified atom stereocenters. The zero-order valence-electron chi connectivity index (χ0n) is 12.5. The molecule has 5 heteroatoms. The van der Waals surface area contributed by atoms with E-state index >= 15 is 0 Å². The number of aromatic nitrogens is 4. The van der Waals surface area contributed by atoms with Crippen LogP contribution in [0.1, 0.15) is 43.4 Å². The predicted octanol–water partition coefficient (Wildman–Crippen LogP) is 1.83. The molecule has 0 spiro atoms. The third-order valence-corrected chi connectivity index (χ3v) is 4.31. The van der Waals surface area contributed by atoms with Gasteiger partial charge in [-0.25, -0.2) is 0 Å². The van der Waals surface area contributed by atoms with Crippen LogP contribution in [0.2, 0.25) is 0 Å². The minimum atomic E-state index is 0.171. The second-order valence-corrected chi connectivity index (χ2v) is 6.67. The highest BCUT2D eigenvalue weighted by atomic mass is 15.2. The molecule has 0 bridgehead atoms. The fourth-order valence-electron chi connectivity index (χ4n) is 3.26. The molecule has 0 aromatic carbocycles. The minimum absolute atomic E-state index is 0.171. The van der Waals surface area contributed by atoms with Crippen molar-refractivity contribution >= 4 is 0 Å². The van der Waals surface area contributed by atoms with Crippen LogP contribution in [0.15, 0.2) is 18.6 Å². The molecule has 5 nitrogen and oxygen atoms in total. The smallest absolute Gasteiger partial charge is 0.134 e. The van der Waals surface area contributed by atoms with Crippen LogP contribution in [-0.2, 0) is 26.4 Å². The van der Waals surface area contributed by atoms with Crippen molar-refractivity contribution in [2.24, 2.45) is 18.2 Å². The molecule has 108 valence electrons. The van der Waals surface area contributed by atoms with E-state index in [1.54, 1.807) is 6.33 Å². The van der Waals surface area contributed by atoms with Gasteiger partial charge in [0.1, 0.15) is 12.2 Å². The summed E-state index contributed by atoms with van der Waals surface area (Å²) in [4.78, 5) is 0. The van der Waals surface area contributed by atoms with Gasteiger partial charge >= 0.3 is 0 Å². The first-order valence-corrected chi connectivity index (χ1v) is 7.23. The molecule has 0 amide bonds. The predicted molar refractivity (Wildman–Crippen MR) is 78.2 cm³/mol. The SMILES string of the molecule is Cn1cnnc1CCn1ccc2c1CC(C)(C)CC2N. The van der Waals surface area contributed by atoms with Crippen molar-refractivity contribution in [2.45, 2.75) is 45.7 Å². The molecule has 20 heavy (non-hydrogen) atoms. The van der Waals surface area contributed by atoms with Crippen molar-refractivity contribution in [3.05, 3.63) is 35.7 Å². The summed E-state index contributed by atoms with van der Waals surface area (Å²) in [6.07, 6.45) is 6.98. The van der Waals surface area contributed by atoms with Gasteiger partial charge in [0.05, 0.1) is 0 Å². The molecule has 0 saturated carbocycles. The van der Waals surface area contributed by atoms with Crippen LogP contribution in [0.5, 0.6) is 0 Å². The molecule has 2 N–H and O–H groups in total. The molecule has 2 aromatic heterocycles. The highest BCUT2D eigenvalue weighted by Gasteiger charge is 2.32. The van der Waals surface area contributed by atoms with Gasteiger partial charge in [0.15, 0.2) is 0 Å². The maximum Gasteiger partial charge on any atom is 0.134 e. The standard InChI is InChI=1S/C15H23N5/c1-15(2)8-12(16)11-4-6-20(13(11)9-15)7-5-14-18-17-10-19(14)3/h4,6,10,12H,5,7-9,16H2,1-3H3. The van der Waals surface area contributed by atoms with Crippen LogP contribution in [0.25, 0.3) is 0 Å². The first-order chi connectivity index (χ1) is 9.46. The summed E-state index contributed by atoms with van der Waals surface area (Å²) in [5.41, 5.74) is 9.32. The number of nitrogens with zero attached hydrogens (tertiary/aromatic N) is 4. The van der Waals surface area contributed by atoms with E-state index in [0.717, 1.165) is 31.6 Å². The Bertz CT molecular complexity index is 608. The lowest BCUT2D eigenvalue weighted by Gasteiger charge is -2.34. The maximum absolute atomic E-state index is 6.31. The van der Waals surface area contributed by atoms with Gasteiger partial charge < -0.3 is 14.9 Å². The van der Waals surface area contributed by atoms with E-state index in [-0.39, 0.29) is 11.5 Å². The molecule has 2 heterocycles. The second kappa shape index (κ2) is 4.74. The van der Waals surface area contributed by atoms with Gasteiger partial charge in [0.2, 0.25) is 0 Å². The second-order valence-electron chi connectivity index (χ2n) is 6.67. The van der Waals surface area contributed by atoms with Gasteiger partial charge in [-0.15, -0.1) is 10.2 Å². The fraction of sp³-hybridized carbons (Fsp3) is 0.600. The Morgan fingerprint density at radius 2 is 2.25 bits per heavy atom. The third-order valence-electron chi connectivity index (χ3n) is 4.31. The summed E-state index contributed by atoms with van der Waals surface area (Å²) >= 11 is 0. The van der Waals surface area contributed by atoms with Crippen LogP contribution in [0.4, 0.5) is 0 Å². The van der Waals surface area contributed by atoms with Crippen LogP contribution < -0.4 is 5.73 Å². The fourth-order valence-corrected chi connectivity index (χ4v) is 3.26. The van der Waals surface area contributed by atoms with Crippen molar-refractivity contribution in [1.82, 2.24) is 19.3 Å². The number of fused-ring (bicyclic) bond motifs is 1. The van der Waals surface area contributed by atoms with Crippen molar-refractivity contribution < 1.29 is 0 Å². The summed E-state index contributed by atoms with van der Waals surface area (Å²) in [5.74, 6) is 1.02. The molecular formula is C15H23N5. The van der Waals surface area contributed by atoms with Gasteiger partial charge in [-0.05, 0) is 29.9 Å². The normalized spacial score (nSPS) is 20.9.